The second-order valence-corrected chi connectivity index (χ2v) is 5.67. The molecule has 20 heavy (non-hydrogen) atoms. The number of aromatic nitrogens is 1. The maximum atomic E-state index is 12.1. The highest BCUT2D eigenvalue weighted by Gasteiger charge is 2.15. The van der Waals surface area contributed by atoms with Crippen molar-refractivity contribution in [1.82, 2.24) is 10.3 Å². The summed E-state index contributed by atoms with van der Waals surface area (Å²) in [6, 6.07) is 7.63. The Hall–Kier alpha value is -1.43. The molecule has 0 bridgehead atoms. The van der Waals surface area contributed by atoms with Crippen LogP contribution in [-0.2, 0) is 4.79 Å². The van der Waals surface area contributed by atoms with Crippen LogP contribution in [0.4, 0.5) is 5.13 Å². The van der Waals surface area contributed by atoms with Gasteiger partial charge in [-0.3, -0.25) is 9.69 Å². The van der Waals surface area contributed by atoms with Crippen molar-refractivity contribution in [2.24, 2.45) is 0 Å². The van der Waals surface area contributed by atoms with Gasteiger partial charge >= 0.3 is 0 Å². The molecule has 6 heteroatoms. The average molecular weight is 310 g/mol. The molecule has 4 nitrogen and oxygen atoms in total. The van der Waals surface area contributed by atoms with Crippen LogP contribution in [-0.4, -0.2) is 24.5 Å². The van der Waals surface area contributed by atoms with Crippen molar-refractivity contribution in [1.29, 1.82) is 0 Å². The minimum Gasteiger partial charge on any atom is -0.302 e. The van der Waals surface area contributed by atoms with Crippen molar-refractivity contribution in [2.75, 3.05) is 18.5 Å². The molecule has 2 rings (SSSR count). The van der Waals surface area contributed by atoms with E-state index >= 15 is 0 Å². The largest absolute Gasteiger partial charge is 0.302 e. The Balaban J connectivity index is 1.92. The van der Waals surface area contributed by atoms with Gasteiger partial charge in [-0.1, -0.05) is 29.8 Å². The molecule has 0 spiro atoms. The molecule has 106 valence electrons. The molecule has 1 aromatic carbocycles. The molecule has 1 unspecified atom stereocenters. The summed E-state index contributed by atoms with van der Waals surface area (Å²) in [7, 11) is 1.73. The highest BCUT2D eigenvalue weighted by molar-refractivity contribution is 7.13. The summed E-state index contributed by atoms with van der Waals surface area (Å²) in [4.78, 5) is 17.7. The highest BCUT2D eigenvalue weighted by Crippen LogP contribution is 2.22. The molecule has 0 radical (unpaired) electrons. The van der Waals surface area contributed by atoms with Crippen molar-refractivity contribution >= 4 is 34.0 Å². The number of amides is 1. The summed E-state index contributed by atoms with van der Waals surface area (Å²) >= 11 is 7.57. The van der Waals surface area contributed by atoms with Gasteiger partial charge in [0.15, 0.2) is 5.13 Å². The van der Waals surface area contributed by atoms with Gasteiger partial charge in [-0.2, -0.15) is 0 Å². The molecule has 2 aromatic rings. The topological polar surface area (TPSA) is 45.2 Å². The Morgan fingerprint density at radius 3 is 2.90 bits per heavy atom. The van der Waals surface area contributed by atoms with Crippen LogP contribution in [0, 0.1) is 0 Å². The lowest BCUT2D eigenvalue weighted by atomic mass is 10.1. The zero-order valence-corrected chi connectivity index (χ0v) is 12.9. The molecular weight excluding hydrogens is 294 g/mol. The predicted octanol–water partition coefficient (Wildman–Crippen LogP) is 3.11. The Kier molecular flexibility index (Phi) is 5.11. The van der Waals surface area contributed by atoms with Crippen LogP contribution < -0.4 is 10.2 Å². The second-order valence-electron chi connectivity index (χ2n) is 4.39. The lowest BCUT2D eigenvalue weighted by molar-refractivity contribution is -0.117. The fourth-order valence-electron chi connectivity index (χ4n) is 1.78. The summed E-state index contributed by atoms with van der Waals surface area (Å²) < 4.78 is 0. The number of thiazole rings is 1. The van der Waals surface area contributed by atoms with E-state index in [4.69, 9.17) is 11.6 Å². The van der Waals surface area contributed by atoms with Crippen molar-refractivity contribution in [3.63, 3.8) is 0 Å². The molecule has 1 amide bonds. The number of rotatable bonds is 5. The van der Waals surface area contributed by atoms with Gasteiger partial charge in [0.25, 0.3) is 0 Å². The number of hydrogen-bond acceptors (Lipinski definition) is 4. The summed E-state index contributed by atoms with van der Waals surface area (Å²) in [5, 5.41) is 6.43. The van der Waals surface area contributed by atoms with Gasteiger partial charge in [-0.25, -0.2) is 4.98 Å². The summed E-state index contributed by atoms with van der Waals surface area (Å²) in [5.41, 5.74) is 0.985. The van der Waals surface area contributed by atoms with Gasteiger partial charge in [-0.05, 0) is 18.6 Å². The van der Waals surface area contributed by atoms with E-state index in [0.717, 1.165) is 5.56 Å². The average Bonchev–Trinajstić information content (AvgIpc) is 2.98. The van der Waals surface area contributed by atoms with Crippen LogP contribution in [0.3, 0.4) is 0 Å². The van der Waals surface area contributed by atoms with Crippen molar-refractivity contribution in [3.8, 4) is 0 Å². The van der Waals surface area contributed by atoms with Crippen LogP contribution in [0.15, 0.2) is 35.8 Å². The van der Waals surface area contributed by atoms with E-state index in [1.54, 1.807) is 18.1 Å². The van der Waals surface area contributed by atoms with E-state index in [-0.39, 0.29) is 18.5 Å². The second kappa shape index (κ2) is 6.83. The monoisotopic (exact) mass is 309 g/mol. The minimum absolute atomic E-state index is 0.0114. The number of carbonyl (C=O) groups excluding carboxylic acids is 1. The maximum Gasteiger partial charge on any atom is 0.242 e. The van der Waals surface area contributed by atoms with Crippen molar-refractivity contribution in [2.45, 2.75) is 13.0 Å². The molecule has 0 saturated carbocycles. The normalized spacial score (nSPS) is 12.2. The third-order valence-electron chi connectivity index (χ3n) is 3.01. The number of nitrogens with zero attached hydrogens (tertiary/aromatic N) is 2. The number of carbonyl (C=O) groups is 1. The zero-order valence-electron chi connectivity index (χ0n) is 11.3. The van der Waals surface area contributed by atoms with Crippen LogP contribution in [0.1, 0.15) is 18.5 Å². The van der Waals surface area contributed by atoms with Crippen molar-refractivity contribution < 1.29 is 4.79 Å². The number of hydrogen-bond donors (Lipinski definition) is 1. The molecule has 1 N–H and O–H groups in total. The molecule has 0 fully saturated rings. The van der Waals surface area contributed by atoms with Crippen LogP contribution in [0.2, 0.25) is 5.02 Å². The zero-order chi connectivity index (χ0) is 14.5. The van der Waals surface area contributed by atoms with Crippen LogP contribution in [0.5, 0.6) is 0 Å². The first kappa shape index (κ1) is 15.0. The van der Waals surface area contributed by atoms with Crippen LogP contribution in [0.25, 0.3) is 0 Å². The quantitative estimate of drug-likeness (QED) is 0.923. The van der Waals surface area contributed by atoms with E-state index in [2.05, 4.69) is 10.3 Å². The lowest BCUT2D eigenvalue weighted by Crippen LogP contribution is -2.36. The number of nitrogens with one attached hydrogen (secondary N) is 1. The van der Waals surface area contributed by atoms with Gasteiger partial charge in [0.1, 0.15) is 0 Å². The highest BCUT2D eigenvalue weighted by atomic mass is 35.5. The molecular formula is C14H16ClN3OS. The Labute approximate surface area is 127 Å². The fourth-order valence-corrected chi connectivity index (χ4v) is 2.71. The molecule has 0 aliphatic carbocycles. The summed E-state index contributed by atoms with van der Waals surface area (Å²) in [6.45, 7) is 2.22. The molecule has 0 aliphatic rings. The van der Waals surface area contributed by atoms with Gasteiger partial charge in [0.05, 0.1) is 6.54 Å². The molecule has 1 heterocycles. The molecule has 0 aliphatic heterocycles. The Morgan fingerprint density at radius 1 is 1.50 bits per heavy atom. The number of likely N-dealkylation sites (N-methyl/N-ethyl adjacent to an activating group) is 1. The van der Waals surface area contributed by atoms with Gasteiger partial charge in [0, 0.05) is 29.7 Å². The lowest BCUT2D eigenvalue weighted by Gasteiger charge is -2.18. The van der Waals surface area contributed by atoms with Gasteiger partial charge in [0.2, 0.25) is 5.91 Å². The van der Waals surface area contributed by atoms with Gasteiger partial charge in [-0.15, -0.1) is 11.3 Å². The Bertz CT molecular complexity index is 574. The van der Waals surface area contributed by atoms with E-state index in [9.17, 15) is 4.79 Å². The molecule has 1 atom stereocenters. The Morgan fingerprint density at radius 2 is 2.25 bits per heavy atom. The molecule has 0 saturated heterocycles. The first-order valence-corrected chi connectivity index (χ1v) is 7.49. The third-order valence-corrected chi connectivity index (χ3v) is 4.20. The van der Waals surface area contributed by atoms with Crippen molar-refractivity contribution in [3.05, 3.63) is 46.4 Å². The SMILES string of the molecule is CC(NCC(=O)N(C)c1nccs1)c1ccccc1Cl. The predicted molar refractivity (Wildman–Crippen MR) is 83.4 cm³/mol. The smallest absolute Gasteiger partial charge is 0.242 e. The van der Waals surface area contributed by atoms with E-state index in [1.165, 1.54) is 11.3 Å². The molecule has 1 aromatic heterocycles. The minimum atomic E-state index is -0.0288. The summed E-state index contributed by atoms with van der Waals surface area (Å²) in [5.74, 6) is -0.0288. The standard InChI is InChI=1S/C14H16ClN3OS/c1-10(11-5-3-4-6-12(11)15)17-9-13(19)18(2)14-16-7-8-20-14/h3-8,10,17H,9H2,1-2H3. The van der Waals surface area contributed by atoms with E-state index < -0.39 is 0 Å². The summed E-state index contributed by atoms with van der Waals surface area (Å²) in [6.07, 6.45) is 1.68. The number of anilines is 1. The first-order chi connectivity index (χ1) is 9.59. The van der Waals surface area contributed by atoms with E-state index in [0.29, 0.717) is 10.2 Å². The number of halogens is 1. The number of benzene rings is 1. The van der Waals surface area contributed by atoms with E-state index in [1.807, 2.05) is 36.6 Å². The van der Waals surface area contributed by atoms with Crippen LogP contribution >= 0.6 is 22.9 Å². The van der Waals surface area contributed by atoms with Gasteiger partial charge < -0.3 is 5.32 Å². The fraction of sp³-hybridized carbons (Fsp3) is 0.286. The third kappa shape index (κ3) is 3.56. The first-order valence-electron chi connectivity index (χ1n) is 6.23. The maximum absolute atomic E-state index is 12.1.